The Kier molecular flexibility index (Phi) is 3.78. The molecule has 2 aliphatic carbocycles. The van der Waals surface area contributed by atoms with Crippen molar-refractivity contribution in [3.63, 3.8) is 0 Å². The summed E-state index contributed by atoms with van der Waals surface area (Å²) < 4.78 is 0. The Bertz CT molecular complexity index is 175. The monoisotopic (exact) mass is 213 g/mol. The number of hydrogen-bond donors (Lipinski definition) is 1. The van der Waals surface area contributed by atoms with Gasteiger partial charge in [0.25, 0.3) is 0 Å². The van der Waals surface area contributed by atoms with Gasteiger partial charge in [-0.25, -0.2) is 0 Å². The van der Waals surface area contributed by atoms with Gasteiger partial charge in [0, 0.05) is 17.3 Å². The number of thioether (sulfide) groups is 1. The van der Waals surface area contributed by atoms with Crippen LogP contribution in [0.15, 0.2) is 0 Å². The molecule has 2 rings (SSSR count). The molecule has 0 radical (unpaired) electrons. The second-order valence-electron chi connectivity index (χ2n) is 5.04. The molecule has 2 saturated carbocycles. The van der Waals surface area contributed by atoms with Gasteiger partial charge in [0.2, 0.25) is 0 Å². The van der Waals surface area contributed by atoms with Crippen molar-refractivity contribution in [3.8, 4) is 0 Å². The van der Waals surface area contributed by atoms with Crippen LogP contribution in [0.2, 0.25) is 0 Å². The van der Waals surface area contributed by atoms with Crippen molar-refractivity contribution < 1.29 is 0 Å². The molecule has 0 spiro atoms. The summed E-state index contributed by atoms with van der Waals surface area (Å²) in [5, 5.41) is 4.79. The highest BCUT2D eigenvalue weighted by Crippen LogP contribution is 2.31. The summed E-state index contributed by atoms with van der Waals surface area (Å²) in [4.78, 5) is 0. The van der Waals surface area contributed by atoms with E-state index in [1.165, 1.54) is 38.5 Å². The van der Waals surface area contributed by atoms with Gasteiger partial charge in [0.1, 0.15) is 0 Å². The second kappa shape index (κ2) is 4.89. The largest absolute Gasteiger partial charge is 0.311 e. The fourth-order valence-electron chi connectivity index (χ4n) is 2.68. The molecule has 0 aromatic rings. The van der Waals surface area contributed by atoms with E-state index in [0.29, 0.717) is 0 Å². The van der Waals surface area contributed by atoms with E-state index in [4.69, 9.17) is 0 Å². The van der Waals surface area contributed by atoms with E-state index >= 15 is 0 Å². The summed E-state index contributed by atoms with van der Waals surface area (Å²) >= 11 is 2.06. The first-order chi connectivity index (χ1) is 6.79. The zero-order valence-corrected chi connectivity index (χ0v) is 10.3. The molecular weight excluding hydrogens is 190 g/mol. The van der Waals surface area contributed by atoms with Crippen molar-refractivity contribution in [2.45, 2.75) is 62.8 Å². The van der Waals surface area contributed by atoms with E-state index in [0.717, 1.165) is 23.3 Å². The summed E-state index contributed by atoms with van der Waals surface area (Å²) in [6, 6.07) is 1.69. The molecule has 1 N–H and O–H groups in total. The highest BCUT2D eigenvalue weighted by atomic mass is 32.2. The summed E-state index contributed by atoms with van der Waals surface area (Å²) in [6.45, 7) is 2.38. The van der Waals surface area contributed by atoms with Gasteiger partial charge in [-0.1, -0.05) is 6.92 Å². The van der Waals surface area contributed by atoms with Crippen molar-refractivity contribution in [1.82, 2.24) is 5.32 Å². The van der Waals surface area contributed by atoms with Crippen molar-refractivity contribution in [2.75, 3.05) is 6.26 Å². The molecule has 2 unspecified atom stereocenters. The van der Waals surface area contributed by atoms with E-state index in [2.05, 4.69) is 30.3 Å². The zero-order chi connectivity index (χ0) is 9.97. The van der Waals surface area contributed by atoms with E-state index < -0.39 is 0 Å². The summed E-state index contributed by atoms with van der Waals surface area (Å²) in [5.41, 5.74) is 0. The molecule has 0 aliphatic heterocycles. The molecule has 0 heterocycles. The van der Waals surface area contributed by atoms with Crippen LogP contribution in [0.25, 0.3) is 0 Å². The van der Waals surface area contributed by atoms with Crippen LogP contribution < -0.4 is 5.32 Å². The predicted molar refractivity (Wildman–Crippen MR) is 64.9 cm³/mol. The first-order valence-corrected chi connectivity index (χ1v) is 7.37. The first-order valence-electron chi connectivity index (χ1n) is 6.08. The molecule has 2 atom stereocenters. The van der Waals surface area contributed by atoms with Gasteiger partial charge >= 0.3 is 0 Å². The fourth-order valence-corrected chi connectivity index (χ4v) is 3.43. The number of rotatable bonds is 3. The molecule has 82 valence electrons. The highest BCUT2D eigenvalue weighted by Gasteiger charge is 2.30. The Labute approximate surface area is 92.4 Å². The molecule has 14 heavy (non-hydrogen) atoms. The average molecular weight is 213 g/mol. The first kappa shape index (κ1) is 10.8. The van der Waals surface area contributed by atoms with Gasteiger partial charge in [-0.2, -0.15) is 11.8 Å². The molecule has 0 saturated heterocycles. The minimum absolute atomic E-state index is 0.839. The Hall–Kier alpha value is 0.310. The minimum atomic E-state index is 0.839. The maximum Gasteiger partial charge on any atom is 0.00954 e. The van der Waals surface area contributed by atoms with Crippen LogP contribution >= 0.6 is 11.8 Å². The van der Waals surface area contributed by atoms with Gasteiger partial charge in [-0.15, -0.1) is 0 Å². The molecular formula is C12H23NS. The highest BCUT2D eigenvalue weighted by molar-refractivity contribution is 7.99. The Balaban J connectivity index is 1.68. The summed E-state index contributed by atoms with van der Waals surface area (Å²) in [7, 11) is 0. The number of nitrogens with one attached hydrogen (secondary N) is 1. The lowest BCUT2D eigenvalue weighted by Gasteiger charge is -2.39. The van der Waals surface area contributed by atoms with Gasteiger partial charge in [-0.3, -0.25) is 0 Å². The van der Waals surface area contributed by atoms with Crippen LogP contribution in [0.3, 0.4) is 0 Å². The second-order valence-corrected chi connectivity index (χ2v) is 6.18. The van der Waals surface area contributed by atoms with Gasteiger partial charge in [0.15, 0.2) is 0 Å². The third-order valence-electron chi connectivity index (χ3n) is 4.08. The maximum absolute atomic E-state index is 3.84. The Morgan fingerprint density at radius 1 is 1.00 bits per heavy atom. The van der Waals surface area contributed by atoms with Gasteiger partial charge in [0.05, 0.1) is 0 Å². The van der Waals surface area contributed by atoms with Crippen molar-refractivity contribution in [1.29, 1.82) is 0 Å². The van der Waals surface area contributed by atoms with Crippen LogP contribution in [0.4, 0.5) is 0 Å². The lowest BCUT2D eigenvalue weighted by molar-refractivity contribution is 0.193. The SMILES string of the molecule is CSC1CCC(NC2CCC2C)CC1. The third kappa shape index (κ3) is 2.46. The standard InChI is InChI=1S/C12H23NS/c1-9-3-8-12(9)13-10-4-6-11(14-2)7-5-10/h9-13H,3-8H2,1-2H3. The molecule has 2 heteroatoms. The maximum atomic E-state index is 3.84. The van der Waals surface area contributed by atoms with Crippen LogP contribution in [0.1, 0.15) is 45.4 Å². The smallest absolute Gasteiger partial charge is 0.00954 e. The molecule has 0 bridgehead atoms. The normalized spacial score (nSPS) is 43.3. The lowest BCUT2D eigenvalue weighted by Crippen LogP contribution is -2.48. The lowest BCUT2D eigenvalue weighted by atomic mass is 9.80. The predicted octanol–water partition coefficient (Wildman–Crippen LogP) is 3.05. The van der Waals surface area contributed by atoms with Crippen molar-refractivity contribution in [3.05, 3.63) is 0 Å². The zero-order valence-electron chi connectivity index (χ0n) is 9.46. The third-order valence-corrected chi connectivity index (χ3v) is 5.22. The van der Waals surface area contributed by atoms with Crippen LogP contribution in [-0.2, 0) is 0 Å². The van der Waals surface area contributed by atoms with Crippen molar-refractivity contribution >= 4 is 11.8 Å². The average Bonchev–Trinajstić information content (AvgIpc) is 2.24. The molecule has 0 amide bonds. The summed E-state index contributed by atoms with van der Waals surface area (Å²) in [6.07, 6.45) is 10.8. The van der Waals surface area contributed by atoms with E-state index in [9.17, 15) is 0 Å². The number of hydrogen-bond acceptors (Lipinski definition) is 2. The minimum Gasteiger partial charge on any atom is -0.311 e. The fraction of sp³-hybridized carbons (Fsp3) is 1.00. The van der Waals surface area contributed by atoms with Gasteiger partial charge < -0.3 is 5.32 Å². The van der Waals surface area contributed by atoms with Crippen LogP contribution in [0.5, 0.6) is 0 Å². The van der Waals surface area contributed by atoms with Crippen LogP contribution in [-0.4, -0.2) is 23.6 Å². The Morgan fingerprint density at radius 2 is 1.71 bits per heavy atom. The van der Waals surface area contributed by atoms with E-state index in [-0.39, 0.29) is 0 Å². The molecule has 0 aromatic heterocycles. The van der Waals surface area contributed by atoms with Crippen LogP contribution in [0, 0.1) is 5.92 Å². The molecule has 1 nitrogen and oxygen atoms in total. The van der Waals surface area contributed by atoms with Gasteiger partial charge in [-0.05, 0) is 50.7 Å². The molecule has 2 aliphatic rings. The molecule has 0 aromatic carbocycles. The van der Waals surface area contributed by atoms with Crippen molar-refractivity contribution in [2.24, 2.45) is 5.92 Å². The van der Waals surface area contributed by atoms with E-state index in [1.807, 2.05) is 0 Å². The quantitative estimate of drug-likeness (QED) is 0.773. The topological polar surface area (TPSA) is 12.0 Å². The molecule has 2 fully saturated rings. The summed E-state index contributed by atoms with van der Waals surface area (Å²) in [5.74, 6) is 0.938. The van der Waals surface area contributed by atoms with E-state index in [1.54, 1.807) is 0 Å². The Morgan fingerprint density at radius 3 is 2.14 bits per heavy atom.